The van der Waals surface area contributed by atoms with Gasteiger partial charge in [0.1, 0.15) is 12.2 Å². The van der Waals surface area contributed by atoms with E-state index in [0.717, 1.165) is 28.2 Å². The lowest BCUT2D eigenvalue weighted by Crippen LogP contribution is -2.54. The van der Waals surface area contributed by atoms with Gasteiger partial charge in [-0.1, -0.05) is 54.1 Å². The summed E-state index contributed by atoms with van der Waals surface area (Å²) in [6.45, 7) is 0.289. The maximum absolute atomic E-state index is 13.6. The second kappa shape index (κ2) is 10.9. The average Bonchev–Trinajstić information content (AvgIpc) is 2.98. The molecule has 0 unspecified atom stereocenters. The number of carbonyl (C=O) groups is 3. The number of anilines is 1. The fraction of sp³-hybridized carbons (Fsp3) is 0.343. The summed E-state index contributed by atoms with van der Waals surface area (Å²) in [6, 6.07) is 19.9. The second-order valence-corrected chi connectivity index (χ2v) is 12.9. The van der Waals surface area contributed by atoms with E-state index in [9.17, 15) is 14.4 Å². The molecule has 3 aromatic rings. The van der Waals surface area contributed by atoms with Crippen molar-refractivity contribution in [3.05, 3.63) is 94.0 Å². The molecule has 8 heteroatoms. The van der Waals surface area contributed by atoms with Crippen LogP contribution in [0.3, 0.4) is 0 Å². The molecule has 43 heavy (non-hydrogen) atoms. The van der Waals surface area contributed by atoms with E-state index in [1.54, 1.807) is 12.1 Å². The number of urea groups is 1. The van der Waals surface area contributed by atoms with E-state index < -0.39 is 17.8 Å². The monoisotopic (exact) mass is 596 g/mol. The Morgan fingerprint density at radius 1 is 0.930 bits per heavy atom. The predicted octanol–water partition coefficient (Wildman–Crippen LogP) is 7.06. The van der Waals surface area contributed by atoms with Crippen LogP contribution in [0.4, 0.5) is 10.5 Å². The van der Waals surface area contributed by atoms with Gasteiger partial charge in [-0.3, -0.25) is 14.9 Å². The zero-order valence-corrected chi connectivity index (χ0v) is 24.7. The minimum absolute atomic E-state index is 0.180. The fourth-order valence-electron chi connectivity index (χ4n) is 8.18. The third kappa shape index (κ3) is 5.10. The molecule has 0 spiro atoms. The van der Waals surface area contributed by atoms with Gasteiger partial charge in [-0.25, -0.2) is 9.69 Å². The molecule has 4 aliphatic carbocycles. The Morgan fingerprint density at radius 3 is 2.21 bits per heavy atom. The highest BCUT2D eigenvalue weighted by atomic mass is 35.5. The van der Waals surface area contributed by atoms with E-state index in [0.29, 0.717) is 22.7 Å². The van der Waals surface area contributed by atoms with E-state index in [1.165, 1.54) is 57.3 Å². The standard InChI is InChI=1S/C35H33ClN2O5/c1-42-30-16-22(15-29(36)31(30)43-20-21-5-3-2-4-6-21)14-28-32(39)37-34(41)38(33(28)40)27-9-7-26(8-10-27)35-17-23-11-24(18-35)13-25(12-23)19-35/h2-10,14-16,23-25H,11-13,17-20H2,1H3,(H,37,39,41)/b28-14+. The lowest BCUT2D eigenvalue weighted by Gasteiger charge is -2.57. The first kappa shape index (κ1) is 27.7. The van der Waals surface area contributed by atoms with Gasteiger partial charge in [0.2, 0.25) is 0 Å². The molecule has 3 aromatic carbocycles. The SMILES string of the molecule is COc1cc(/C=C2\C(=O)NC(=O)N(c3ccc(C45CC6CC(CC(C6)C4)C5)cc3)C2=O)cc(Cl)c1OCc1ccccc1. The Bertz CT molecular complexity index is 1600. The van der Waals surface area contributed by atoms with Crippen LogP contribution in [0.1, 0.15) is 55.2 Å². The molecule has 0 aromatic heterocycles. The van der Waals surface area contributed by atoms with Crippen LogP contribution in [0.25, 0.3) is 6.08 Å². The second-order valence-electron chi connectivity index (χ2n) is 12.5. The number of imide groups is 2. The third-order valence-corrected chi connectivity index (χ3v) is 9.95. The highest BCUT2D eigenvalue weighted by molar-refractivity contribution is 6.39. The zero-order chi connectivity index (χ0) is 29.7. The van der Waals surface area contributed by atoms with Crippen LogP contribution >= 0.6 is 11.6 Å². The van der Waals surface area contributed by atoms with Gasteiger partial charge in [0.15, 0.2) is 11.5 Å². The highest BCUT2D eigenvalue weighted by Gasteiger charge is 2.51. The van der Waals surface area contributed by atoms with E-state index in [-0.39, 0.29) is 22.6 Å². The summed E-state index contributed by atoms with van der Waals surface area (Å²) in [6.07, 6.45) is 9.19. The highest BCUT2D eigenvalue weighted by Crippen LogP contribution is 2.60. The maximum Gasteiger partial charge on any atom is 0.335 e. The largest absolute Gasteiger partial charge is 0.493 e. The smallest absolute Gasteiger partial charge is 0.335 e. The molecule has 4 bridgehead atoms. The van der Waals surface area contributed by atoms with Crippen molar-refractivity contribution in [3.8, 4) is 11.5 Å². The van der Waals surface area contributed by atoms with Crippen molar-refractivity contribution >= 4 is 41.2 Å². The molecule has 4 saturated carbocycles. The Balaban J connectivity index is 1.13. The number of nitrogens with zero attached hydrogens (tertiary/aromatic N) is 1. The summed E-state index contributed by atoms with van der Waals surface area (Å²) >= 11 is 6.56. The number of hydrogen-bond donors (Lipinski definition) is 1. The maximum atomic E-state index is 13.6. The molecule has 0 radical (unpaired) electrons. The first-order valence-corrected chi connectivity index (χ1v) is 15.3. The number of halogens is 1. The van der Waals surface area contributed by atoms with Crippen LogP contribution < -0.4 is 19.7 Å². The first-order valence-electron chi connectivity index (χ1n) is 14.9. The van der Waals surface area contributed by atoms with Crippen LogP contribution in [0.15, 0.2) is 72.3 Å². The number of barbiturate groups is 1. The summed E-state index contributed by atoms with van der Waals surface area (Å²) in [4.78, 5) is 40.4. The van der Waals surface area contributed by atoms with E-state index in [4.69, 9.17) is 21.1 Å². The first-order chi connectivity index (χ1) is 20.8. The molecule has 220 valence electrons. The van der Waals surface area contributed by atoms with Crippen molar-refractivity contribution in [1.82, 2.24) is 5.32 Å². The van der Waals surface area contributed by atoms with Gasteiger partial charge in [0.05, 0.1) is 17.8 Å². The molecule has 8 rings (SSSR count). The lowest BCUT2D eigenvalue weighted by atomic mass is 9.48. The average molecular weight is 597 g/mol. The van der Waals surface area contributed by atoms with Crippen molar-refractivity contribution in [2.75, 3.05) is 12.0 Å². The Kier molecular flexibility index (Phi) is 7.01. The van der Waals surface area contributed by atoms with Gasteiger partial charge in [0.25, 0.3) is 11.8 Å². The predicted molar refractivity (Wildman–Crippen MR) is 164 cm³/mol. The molecule has 1 saturated heterocycles. The number of ether oxygens (including phenoxy) is 2. The number of carbonyl (C=O) groups excluding carboxylic acids is 3. The van der Waals surface area contributed by atoms with Crippen LogP contribution in [-0.4, -0.2) is 25.0 Å². The minimum atomic E-state index is -0.769. The Morgan fingerprint density at radius 2 is 1.58 bits per heavy atom. The molecule has 5 aliphatic rings. The minimum Gasteiger partial charge on any atom is -0.493 e. The molecular formula is C35H33ClN2O5. The molecule has 1 N–H and O–H groups in total. The van der Waals surface area contributed by atoms with E-state index in [1.807, 2.05) is 42.5 Å². The zero-order valence-electron chi connectivity index (χ0n) is 24.0. The van der Waals surface area contributed by atoms with Crippen LogP contribution in [0.2, 0.25) is 5.02 Å². The Labute approximate surface area is 255 Å². The quantitative estimate of drug-likeness (QED) is 0.233. The Hall–Kier alpha value is -4.10. The van der Waals surface area contributed by atoms with Gasteiger partial charge in [-0.2, -0.15) is 0 Å². The number of methoxy groups -OCH3 is 1. The van der Waals surface area contributed by atoms with Crippen LogP contribution in [0.5, 0.6) is 11.5 Å². The molecule has 0 atom stereocenters. The lowest BCUT2D eigenvalue weighted by molar-refractivity contribution is -0.122. The number of amides is 4. The van der Waals surface area contributed by atoms with Crippen molar-refractivity contribution in [2.45, 2.75) is 50.5 Å². The number of nitrogens with one attached hydrogen (secondary N) is 1. The molecule has 1 heterocycles. The van der Waals surface area contributed by atoms with Crippen molar-refractivity contribution < 1.29 is 23.9 Å². The summed E-state index contributed by atoms with van der Waals surface area (Å²) in [5.74, 6) is 1.69. The van der Waals surface area contributed by atoms with E-state index >= 15 is 0 Å². The van der Waals surface area contributed by atoms with Crippen LogP contribution in [-0.2, 0) is 21.6 Å². The molecule has 5 fully saturated rings. The number of rotatable bonds is 7. The number of benzene rings is 3. The molecule has 1 aliphatic heterocycles. The van der Waals surface area contributed by atoms with Gasteiger partial charge in [-0.15, -0.1) is 0 Å². The summed E-state index contributed by atoms with van der Waals surface area (Å²) in [5.41, 5.74) is 3.17. The fourth-order valence-corrected chi connectivity index (χ4v) is 8.45. The van der Waals surface area contributed by atoms with Crippen LogP contribution in [0, 0.1) is 17.8 Å². The van der Waals surface area contributed by atoms with Crippen molar-refractivity contribution in [3.63, 3.8) is 0 Å². The van der Waals surface area contributed by atoms with Gasteiger partial charge >= 0.3 is 6.03 Å². The topological polar surface area (TPSA) is 84.9 Å². The van der Waals surface area contributed by atoms with E-state index in [2.05, 4.69) is 17.4 Å². The van der Waals surface area contributed by atoms with Gasteiger partial charge < -0.3 is 9.47 Å². The normalized spacial score (nSPS) is 27.0. The van der Waals surface area contributed by atoms with Gasteiger partial charge in [0, 0.05) is 0 Å². The van der Waals surface area contributed by atoms with Crippen molar-refractivity contribution in [1.29, 1.82) is 0 Å². The summed E-state index contributed by atoms with van der Waals surface area (Å²) in [5, 5.41) is 2.58. The molecular weight excluding hydrogens is 564 g/mol. The summed E-state index contributed by atoms with van der Waals surface area (Å²) in [7, 11) is 1.49. The molecule has 4 amide bonds. The van der Waals surface area contributed by atoms with Crippen molar-refractivity contribution in [2.24, 2.45) is 17.8 Å². The molecule has 7 nitrogen and oxygen atoms in total. The summed E-state index contributed by atoms with van der Waals surface area (Å²) < 4.78 is 11.4. The van der Waals surface area contributed by atoms with Gasteiger partial charge in [-0.05, 0) is 109 Å². The third-order valence-electron chi connectivity index (χ3n) is 9.67. The number of hydrogen-bond acceptors (Lipinski definition) is 5.